The first-order valence-electron chi connectivity index (χ1n) is 8.23. The van der Waals surface area contributed by atoms with Crippen LogP contribution in [0.3, 0.4) is 0 Å². The van der Waals surface area contributed by atoms with Gasteiger partial charge in [-0.25, -0.2) is 13.8 Å². The molecule has 0 bridgehead atoms. The summed E-state index contributed by atoms with van der Waals surface area (Å²) in [7, 11) is 3.26. The monoisotopic (exact) mass is 363 g/mol. The van der Waals surface area contributed by atoms with E-state index in [-0.39, 0.29) is 18.0 Å². The van der Waals surface area contributed by atoms with Gasteiger partial charge in [-0.3, -0.25) is 0 Å². The van der Waals surface area contributed by atoms with E-state index in [0.29, 0.717) is 24.6 Å². The molecular formula is C19H23F2N3O2. The Balaban J connectivity index is 2.11. The summed E-state index contributed by atoms with van der Waals surface area (Å²) in [5.41, 5.74) is 1.41. The van der Waals surface area contributed by atoms with Gasteiger partial charge in [-0.1, -0.05) is 12.1 Å². The van der Waals surface area contributed by atoms with Crippen LogP contribution in [-0.2, 0) is 13.1 Å². The second-order valence-electron chi connectivity index (χ2n) is 5.78. The van der Waals surface area contributed by atoms with Gasteiger partial charge in [0.2, 0.25) is 0 Å². The van der Waals surface area contributed by atoms with Crippen molar-refractivity contribution in [3.05, 3.63) is 59.2 Å². The van der Waals surface area contributed by atoms with Crippen LogP contribution in [-0.4, -0.2) is 36.7 Å². The van der Waals surface area contributed by atoms with Crippen molar-refractivity contribution in [3.63, 3.8) is 0 Å². The van der Waals surface area contributed by atoms with Crippen molar-refractivity contribution in [2.45, 2.75) is 20.0 Å². The van der Waals surface area contributed by atoms with Gasteiger partial charge in [-0.05, 0) is 42.3 Å². The van der Waals surface area contributed by atoms with Gasteiger partial charge in [0.1, 0.15) is 0 Å². The summed E-state index contributed by atoms with van der Waals surface area (Å²) in [6, 6.07) is 8.97. The lowest BCUT2D eigenvalue weighted by Gasteiger charge is -2.22. The maximum Gasteiger partial charge on any atom is 0.194 e. The number of nitrogens with one attached hydrogen (secondary N) is 1. The summed E-state index contributed by atoms with van der Waals surface area (Å²) in [5.74, 6) is -0.670. The number of aromatic hydroxyl groups is 1. The van der Waals surface area contributed by atoms with Gasteiger partial charge < -0.3 is 20.1 Å². The van der Waals surface area contributed by atoms with Crippen LogP contribution in [0.15, 0.2) is 41.4 Å². The molecule has 0 saturated carbocycles. The molecule has 0 spiro atoms. The lowest BCUT2D eigenvalue weighted by Crippen LogP contribution is -2.38. The van der Waals surface area contributed by atoms with E-state index in [9.17, 15) is 13.9 Å². The van der Waals surface area contributed by atoms with E-state index >= 15 is 0 Å². The van der Waals surface area contributed by atoms with Gasteiger partial charge >= 0.3 is 0 Å². The Labute approximate surface area is 151 Å². The molecule has 0 aliphatic rings. The maximum absolute atomic E-state index is 13.8. The van der Waals surface area contributed by atoms with Gasteiger partial charge in [-0.2, -0.15) is 0 Å². The number of hydrogen-bond acceptors (Lipinski definition) is 3. The third-order valence-electron chi connectivity index (χ3n) is 3.76. The Kier molecular flexibility index (Phi) is 6.77. The van der Waals surface area contributed by atoms with Crippen molar-refractivity contribution in [2.75, 3.05) is 20.7 Å². The highest BCUT2D eigenvalue weighted by Gasteiger charge is 2.10. The van der Waals surface area contributed by atoms with Crippen LogP contribution in [0.25, 0.3) is 0 Å². The zero-order chi connectivity index (χ0) is 19.1. The maximum atomic E-state index is 13.8. The predicted octanol–water partition coefficient (Wildman–Crippen LogP) is 3.28. The summed E-state index contributed by atoms with van der Waals surface area (Å²) < 4.78 is 32.2. The molecule has 0 amide bonds. The number of hydrogen-bond donors (Lipinski definition) is 2. The van der Waals surface area contributed by atoms with Crippen LogP contribution in [0.1, 0.15) is 18.1 Å². The number of benzene rings is 2. The second-order valence-corrected chi connectivity index (χ2v) is 5.78. The summed E-state index contributed by atoms with van der Waals surface area (Å²) in [5, 5.41) is 12.4. The number of nitrogens with zero attached hydrogens (tertiary/aromatic N) is 2. The number of guanidine groups is 1. The summed E-state index contributed by atoms with van der Waals surface area (Å²) in [4.78, 5) is 6.32. The molecule has 26 heavy (non-hydrogen) atoms. The van der Waals surface area contributed by atoms with Crippen molar-refractivity contribution >= 4 is 5.96 Å². The molecule has 0 aliphatic heterocycles. The molecule has 0 radical (unpaired) electrons. The van der Waals surface area contributed by atoms with Gasteiger partial charge in [0.05, 0.1) is 13.7 Å². The minimum absolute atomic E-state index is 0.200. The molecule has 2 aromatic carbocycles. The summed E-state index contributed by atoms with van der Waals surface area (Å²) in [6.07, 6.45) is 0. The minimum Gasteiger partial charge on any atom is -0.505 e. The van der Waals surface area contributed by atoms with Crippen molar-refractivity contribution in [3.8, 4) is 11.5 Å². The first-order valence-corrected chi connectivity index (χ1v) is 8.23. The number of rotatable bonds is 6. The predicted molar refractivity (Wildman–Crippen MR) is 97.3 cm³/mol. The lowest BCUT2D eigenvalue weighted by atomic mass is 10.2. The first kappa shape index (κ1) is 19.5. The number of aliphatic imine (C=N–C) groups is 1. The van der Waals surface area contributed by atoms with Crippen LogP contribution >= 0.6 is 0 Å². The number of phenols is 1. The number of methoxy groups -OCH3 is 1. The standard InChI is InChI=1S/C19H23F2N3O2/c1-4-22-19(23-11-13-5-7-17(25)15(20)9-13)24(2)12-14-6-8-18(26-3)16(21)10-14/h5-10,25H,4,11-12H2,1-3H3,(H,22,23). The average molecular weight is 363 g/mol. The van der Waals surface area contributed by atoms with Crippen LogP contribution < -0.4 is 10.1 Å². The number of halogens is 2. The highest BCUT2D eigenvalue weighted by atomic mass is 19.1. The molecule has 0 heterocycles. The first-order chi connectivity index (χ1) is 12.4. The SMILES string of the molecule is CCNC(=NCc1ccc(O)c(F)c1)N(C)Cc1ccc(OC)c(F)c1. The molecule has 140 valence electrons. The molecule has 2 N–H and O–H groups in total. The van der Waals surface area contributed by atoms with Crippen LogP contribution in [0.5, 0.6) is 11.5 Å². The second kappa shape index (κ2) is 9.03. The molecule has 7 heteroatoms. The normalized spacial score (nSPS) is 11.3. The Hall–Kier alpha value is -2.83. The van der Waals surface area contributed by atoms with E-state index in [1.54, 1.807) is 18.2 Å². The average Bonchev–Trinajstić information content (AvgIpc) is 2.61. The van der Waals surface area contributed by atoms with Crippen LogP contribution in [0, 0.1) is 11.6 Å². The fourth-order valence-corrected chi connectivity index (χ4v) is 2.44. The van der Waals surface area contributed by atoms with Gasteiger partial charge in [0, 0.05) is 20.1 Å². The highest BCUT2D eigenvalue weighted by molar-refractivity contribution is 5.79. The molecular weight excluding hydrogens is 340 g/mol. The van der Waals surface area contributed by atoms with Crippen molar-refractivity contribution in [2.24, 2.45) is 4.99 Å². The van der Waals surface area contributed by atoms with Gasteiger partial charge in [0.15, 0.2) is 29.1 Å². The third kappa shape index (κ3) is 5.08. The molecule has 0 atom stereocenters. The van der Waals surface area contributed by atoms with Crippen molar-refractivity contribution in [1.29, 1.82) is 0 Å². The molecule has 0 saturated heterocycles. The summed E-state index contributed by atoms with van der Waals surface area (Å²) >= 11 is 0. The van der Waals surface area contributed by atoms with E-state index in [0.717, 1.165) is 5.56 Å². The Morgan fingerprint density at radius 1 is 1.15 bits per heavy atom. The quantitative estimate of drug-likeness (QED) is 0.611. The number of ether oxygens (including phenoxy) is 1. The minimum atomic E-state index is -0.676. The Morgan fingerprint density at radius 3 is 2.46 bits per heavy atom. The van der Waals surface area contributed by atoms with E-state index in [4.69, 9.17) is 4.74 Å². The van der Waals surface area contributed by atoms with Gasteiger partial charge in [0.25, 0.3) is 0 Å². The zero-order valence-corrected chi connectivity index (χ0v) is 15.1. The van der Waals surface area contributed by atoms with E-state index in [1.807, 2.05) is 18.9 Å². The number of phenolic OH excluding ortho intramolecular Hbond substituents is 1. The molecule has 5 nitrogen and oxygen atoms in total. The topological polar surface area (TPSA) is 57.1 Å². The third-order valence-corrected chi connectivity index (χ3v) is 3.76. The Morgan fingerprint density at radius 2 is 1.85 bits per heavy atom. The van der Waals surface area contributed by atoms with Crippen molar-refractivity contribution in [1.82, 2.24) is 10.2 Å². The van der Waals surface area contributed by atoms with Gasteiger partial charge in [-0.15, -0.1) is 0 Å². The Bertz CT molecular complexity index is 781. The lowest BCUT2D eigenvalue weighted by molar-refractivity contribution is 0.385. The largest absolute Gasteiger partial charge is 0.505 e. The smallest absolute Gasteiger partial charge is 0.194 e. The summed E-state index contributed by atoms with van der Waals surface area (Å²) in [6.45, 7) is 3.29. The fraction of sp³-hybridized carbons (Fsp3) is 0.316. The van der Waals surface area contributed by atoms with E-state index < -0.39 is 11.6 Å². The molecule has 0 aromatic heterocycles. The van der Waals surface area contributed by atoms with Crippen LogP contribution in [0.2, 0.25) is 0 Å². The van der Waals surface area contributed by atoms with E-state index in [1.165, 1.54) is 25.3 Å². The zero-order valence-electron chi connectivity index (χ0n) is 15.1. The van der Waals surface area contributed by atoms with Crippen LogP contribution in [0.4, 0.5) is 8.78 Å². The molecule has 0 aliphatic carbocycles. The molecule has 0 fully saturated rings. The fourth-order valence-electron chi connectivity index (χ4n) is 2.44. The molecule has 2 rings (SSSR count). The highest BCUT2D eigenvalue weighted by Crippen LogP contribution is 2.19. The molecule has 2 aromatic rings. The van der Waals surface area contributed by atoms with E-state index in [2.05, 4.69) is 10.3 Å². The van der Waals surface area contributed by atoms with Crippen molar-refractivity contribution < 1.29 is 18.6 Å². The molecule has 0 unspecified atom stereocenters.